The summed E-state index contributed by atoms with van der Waals surface area (Å²) < 4.78 is 53.2. The van der Waals surface area contributed by atoms with Crippen LogP contribution in [-0.4, -0.2) is 35.4 Å². The molecule has 38 heavy (non-hydrogen) atoms. The number of ether oxygens (including phenoxy) is 2. The molecule has 198 valence electrons. The number of esters is 1. The highest BCUT2D eigenvalue weighted by Gasteiger charge is 2.45. The highest BCUT2D eigenvalue weighted by Crippen LogP contribution is 2.38. The molecule has 9 nitrogen and oxygen atoms in total. The lowest BCUT2D eigenvalue weighted by Crippen LogP contribution is -2.41. The van der Waals surface area contributed by atoms with Crippen LogP contribution in [0.25, 0.3) is 6.08 Å². The summed E-state index contributed by atoms with van der Waals surface area (Å²) in [5.41, 5.74) is -3.05. The van der Waals surface area contributed by atoms with E-state index >= 15 is 0 Å². The van der Waals surface area contributed by atoms with Crippen molar-refractivity contribution in [3.8, 4) is 5.75 Å². The number of methoxy groups -OCH3 is 1. The van der Waals surface area contributed by atoms with E-state index in [-0.39, 0.29) is 38.5 Å². The molecule has 2 heterocycles. The van der Waals surface area contributed by atoms with Crippen LogP contribution >= 0.6 is 22.9 Å². The lowest BCUT2D eigenvalue weighted by molar-refractivity contribution is -0.385. The van der Waals surface area contributed by atoms with Gasteiger partial charge in [0.15, 0.2) is 16.2 Å². The number of allylic oxidation sites excluding steroid dienone is 1. The molecule has 1 aliphatic heterocycles. The number of carbonyl (C=O) groups excluding carboxylic acids is 1. The van der Waals surface area contributed by atoms with E-state index in [1.807, 2.05) is 0 Å². The van der Waals surface area contributed by atoms with Gasteiger partial charge >= 0.3 is 17.8 Å². The lowest BCUT2D eigenvalue weighted by atomic mass is 9.95. The summed E-state index contributed by atoms with van der Waals surface area (Å²) in [5, 5.41) is 11.7. The second kappa shape index (κ2) is 10.4. The maximum atomic E-state index is 14.1. The van der Waals surface area contributed by atoms with Crippen molar-refractivity contribution in [1.82, 2.24) is 4.57 Å². The zero-order valence-corrected chi connectivity index (χ0v) is 21.2. The summed E-state index contributed by atoms with van der Waals surface area (Å²) in [7, 11) is 1.26. The van der Waals surface area contributed by atoms with E-state index in [0.29, 0.717) is 16.4 Å². The number of alkyl halides is 3. The van der Waals surface area contributed by atoms with Crippen LogP contribution in [0.3, 0.4) is 0 Å². The van der Waals surface area contributed by atoms with E-state index in [0.717, 1.165) is 4.57 Å². The van der Waals surface area contributed by atoms with Gasteiger partial charge in [-0.25, -0.2) is 9.79 Å². The third-order valence-electron chi connectivity index (χ3n) is 5.48. The van der Waals surface area contributed by atoms with Crippen molar-refractivity contribution in [2.45, 2.75) is 19.1 Å². The zero-order chi connectivity index (χ0) is 27.8. The minimum Gasteiger partial charge on any atom is -0.490 e. The van der Waals surface area contributed by atoms with Gasteiger partial charge in [-0.3, -0.25) is 19.5 Å². The van der Waals surface area contributed by atoms with E-state index < -0.39 is 39.9 Å². The molecule has 3 aromatic rings. The normalized spacial score (nSPS) is 15.6. The van der Waals surface area contributed by atoms with Crippen molar-refractivity contribution < 1.29 is 32.4 Å². The highest BCUT2D eigenvalue weighted by molar-refractivity contribution is 7.07. The minimum absolute atomic E-state index is 0.00903. The van der Waals surface area contributed by atoms with Crippen LogP contribution in [0.4, 0.5) is 18.9 Å². The minimum atomic E-state index is -5.04. The quantitative estimate of drug-likeness (QED) is 0.254. The molecule has 1 aliphatic rings. The summed E-state index contributed by atoms with van der Waals surface area (Å²) in [6.07, 6.45) is -3.75. The van der Waals surface area contributed by atoms with Crippen molar-refractivity contribution in [2.24, 2.45) is 4.99 Å². The maximum Gasteiger partial charge on any atom is 0.434 e. The van der Waals surface area contributed by atoms with Gasteiger partial charge in [0.25, 0.3) is 5.56 Å². The van der Waals surface area contributed by atoms with Crippen LogP contribution < -0.4 is 19.6 Å². The fourth-order valence-corrected chi connectivity index (χ4v) is 5.02. The average molecular weight is 568 g/mol. The molecule has 0 saturated heterocycles. The fourth-order valence-electron chi connectivity index (χ4n) is 3.89. The number of halogens is 4. The monoisotopic (exact) mass is 567 g/mol. The zero-order valence-electron chi connectivity index (χ0n) is 19.6. The number of aromatic nitrogens is 1. The molecule has 1 atom stereocenters. The Hall–Kier alpha value is -3.97. The van der Waals surface area contributed by atoms with Gasteiger partial charge in [0, 0.05) is 11.1 Å². The summed E-state index contributed by atoms with van der Waals surface area (Å²) in [6, 6.07) is 8.05. The van der Waals surface area contributed by atoms with Gasteiger partial charge in [-0.15, -0.1) is 0 Å². The Morgan fingerprint density at radius 2 is 1.95 bits per heavy atom. The number of carbonyl (C=O) groups is 1. The van der Waals surface area contributed by atoms with Gasteiger partial charge in [0.05, 0.1) is 34.8 Å². The number of nitro benzene ring substituents is 1. The Morgan fingerprint density at radius 3 is 2.53 bits per heavy atom. The van der Waals surface area contributed by atoms with E-state index in [1.54, 1.807) is 0 Å². The van der Waals surface area contributed by atoms with Crippen molar-refractivity contribution >= 4 is 40.7 Å². The first-order chi connectivity index (χ1) is 18.0. The van der Waals surface area contributed by atoms with Crippen molar-refractivity contribution in [3.63, 3.8) is 0 Å². The molecule has 0 radical (unpaired) electrons. The predicted molar refractivity (Wildman–Crippen MR) is 132 cm³/mol. The summed E-state index contributed by atoms with van der Waals surface area (Å²) in [5.74, 6) is -1.28. The number of fused-ring (bicyclic) bond motifs is 1. The van der Waals surface area contributed by atoms with Crippen molar-refractivity contribution in [1.29, 1.82) is 0 Å². The standard InChI is InChI=1S/C24H17ClF3N3O6S/c1-3-37-22(33)18-19(13-5-7-14(25)8-6-13)30-21(32)17(38-23(30)29-20(18)24(26,27)28)11-12-4-9-16(36-2)15(10-12)31(34)35/h4-11,19H,3H2,1-2H3/b17-11-/t19-/m1/s1. The van der Waals surface area contributed by atoms with Crippen molar-refractivity contribution in [3.05, 3.63) is 99.7 Å². The topological polar surface area (TPSA) is 113 Å². The molecular formula is C24H17ClF3N3O6S. The number of rotatable bonds is 6. The highest BCUT2D eigenvalue weighted by atomic mass is 35.5. The number of nitro groups is 1. The average Bonchev–Trinajstić information content (AvgIpc) is 3.17. The molecule has 1 aromatic heterocycles. The molecule has 0 N–H and O–H groups in total. The molecule has 0 bridgehead atoms. The molecule has 2 aromatic carbocycles. The molecule has 0 saturated carbocycles. The van der Waals surface area contributed by atoms with Gasteiger partial charge < -0.3 is 9.47 Å². The number of nitrogens with zero attached hydrogens (tertiary/aromatic N) is 3. The molecule has 0 unspecified atom stereocenters. The first-order valence-corrected chi connectivity index (χ1v) is 12.0. The van der Waals surface area contributed by atoms with Gasteiger partial charge in [0.1, 0.15) is 0 Å². The van der Waals surface area contributed by atoms with Crippen LogP contribution in [0, 0.1) is 10.1 Å². The van der Waals surface area contributed by atoms with Crippen LogP contribution in [0.1, 0.15) is 24.1 Å². The van der Waals surface area contributed by atoms with Gasteiger partial charge in [0.2, 0.25) is 0 Å². The summed E-state index contributed by atoms with van der Waals surface area (Å²) in [4.78, 5) is 40.4. The number of benzene rings is 2. The maximum absolute atomic E-state index is 14.1. The number of hydrogen-bond acceptors (Lipinski definition) is 8. The molecule has 0 spiro atoms. The van der Waals surface area contributed by atoms with E-state index in [1.165, 1.54) is 62.6 Å². The van der Waals surface area contributed by atoms with Crippen LogP contribution in [0.15, 0.2) is 63.5 Å². The van der Waals surface area contributed by atoms with E-state index in [9.17, 15) is 32.9 Å². The first kappa shape index (κ1) is 27.1. The van der Waals surface area contributed by atoms with E-state index in [4.69, 9.17) is 21.1 Å². The third-order valence-corrected chi connectivity index (χ3v) is 6.71. The second-order valence-electron chi connectivity index (χ2n) is 7.80. The van der Waals surface area contributed by atoms with Gasteiger partial charge in [-0.2, -0.15) is 13.2 Å². The molecule has 0 fully saturated rings. The number of thiazole rings is 1. The molecule has 0 aliphatic carbocycles. The SMILES string of the molecule is CCOC(=O)C1=C(C(F)(F)F)N=c2s/c(=C\c3ccc(OC)c([N+](=O)[O-])c3)c(=O)n2[C@@H]1c1ccc(Cl)cc1. The van der Waals surface area contributed by atoms with Crippen LogP contribution in [-0.2, 0) is 9.53 Å². The smallest absolute Gasteiger partial charge is 0.434 e. The lowest BCUT2D eigenvalue weighted by Gasteiger charge is -2.26. The summed E-state index contributed by atoms with van der Waals surface area (Å²) in [6.45, 7) is 1.23. The fraction of sp³-hybridized carbons (Fsp3) is 0.208. The van der Waals surface area contributed by atoms with Crippen LogP contribution in [0.5, 0.6) is 5.75 Å². The Kier molecular flexibility index (Phi) is 7.42. The molecule has 4 rings (SSSR count). The van der Waals surface area contributed by atoms with E-state index in [2.05, 4.69) is 4.99 Å². The Morgan fingerprint density at radius 1 is 1.26 bits per heavy atom. The first-order valence-electron chi connectivity index (χ1n) is 10.8. The Bertz CT molecular complexity index is 1640. The predicted octanol–water partition coefficient (Wildman–Crippen LogP) is 3.91. The Labute approximate surface area is 220 Å². The van der Waals surface area contributed by atoms with Gasteiger partial charge in [-0.1, -0.05) is 41.1 Å². The number of hydrogen-bond donors (Lipinski definition) is 0. The third kappa shape index (κ3) is 5.07. The van der Waals surface area contributed by atoms with Crippen LogP contribution in [0.2, 0.25) is 5.02 Å². The largest absolute Gasteiger partial charge is 0.490 e. The second-order valence-corrected chi connectivity index (χ2v) is 9.25. The summed E-state index contributed by atoms with van der Waals surface area (Å²) >= 11 is 6.60. The molecule has 14 heteroatoms. The van der Waals surface area contributed by atoms with Crippen molar-refractivity contribution in [2.75, 3.05) is 13.7 Å². The molecule has 0 amide bonds. The van der Waals surface area contributed by atoms with Gasteiger partial charge in [-0.05, 0) is 42.3 Å². The molecular weight excluding hydrogens is 551 g/mol. The Balaban J connectivity index is 2.02.